The number of esters is 1. The van der Waals surface area contributed by atoms with Crippen LogP contribution < -0.4 is 4.90 Å². The monoisotopic (exact) mass is 366 g/mol. The fraction of sp³-hybridized carbons (Fsp3) is 0.364. The normalized spacial score (nSPS) is 14.2. The van der Waals surface area contributed by atoms with Gasteiger partial charge in [-0.1, -0.05) is 35.9 Å². The molecule has 0 radical (unpaired) electrons. The number of hydrogen-bond acceptors (Lipinski definition) is 4. The van der Waals surface area contributed by atoms with Gasteiger partial charge in [0.25, 0.3) is 5.91 Å². The Morgan fingerprint density at radius 1 is 0.926 bits per heavy atom. The molecule has 1 amide bonds. The number of nitrogens with zero attached hydrogens (tertiary/aromatic N) is 2. The molecule has 0 atom stereocenters. The number of hydrogen-bond donors (Lipinski definition) is 0. The lowest BCUT2D eigenvalue weighted by atomic mass is 10.00. The topological polar surface area (TPSA) is 49.9 Å². The zero-order valence-corrected chi connectivity index (χ0v) is 16.2. The van der Waals surface area contributed by atoms with Crippen molar-refractivity contribution in [2.45, 2.75) is 20.8 Å². The van der Waals surface area contributed by atoms with Crippen LogP contribution in [0.4, 0.5) is 5.69 Å². The summed E-state index contributed by atoms with van der Waals surface area (Å²) in [7, 11) is 0. The second-order valence-electron chi connectivity index (χ2n) is 7.05. The number of benzene rings is 2. The molecule has 3 rings (SSSR count). The van der Waals surface area contributed by atoms with E-state index in [0.29, 0.717) is 18.7 Å². The lowest BCUT2D eigenvalue weighted by molar-refractivity contribution is -0.134. The third-order valence-corrected chi connectivity index (χ3v) is 4.96. The fourth-order valence-electron chi connectivity index (χ4n) is 3.65. The average molecular weight is 366 g/mol. The van der Waals surface area contributed by atoms with Crippen molar-refractivity contribution < 1.29 is 14.3 Å². The Kier molecular flexibility index (Phi) is 5.79. The second kappa shape index (κ2) is 8.25. The van der Waals surface area contributed by atoms with E-state index in [9.17, 15) is 9.59 Å². The van der Waals surface area contributed by atoms with Gasteiger partial charge in [0, 0.05) is 31.9 Å². The summed E-state index contributed by atoms with van der Waals surface area (Å²) in [6.45, 7) is 8.38. The van der Waals surface area contributed by atoms with Gasteiger partial charge in [-0.15, -0.1) is 0 Å². The number of aryl methyl sites for hydroxylation is 3. The van der Waals surface area contributed by atoms with Crippen LogP contribution in [0.25, 0.3) is 0 Å². The molecular weight excluding hydrogens is 340 g/mol. The Bertz CT molecular complexity index is 802. The van der Waals surface area contributed by atoms with Crippen LogP contribution in [0, 0.1) is 20.8 Å². The first-order chi connectivity index (χ1) is 13.0. The van der Waals surface area contributed by atoms with E-state index in [1.54, 1.807) is 4.90 Å². The van der Waals surface area contributed by atoms with Crippen LogP contribution in [-0.4, -0.2) is 49.6 Å². The Morgan fingerprint density at radius 3 is 2.11 bits per heavy atom. The molecule has 1 aliphatic rings. The van der Waals surface area contributed by atoms with Crippen LogP contribution in [0.15, 0.2) is 42.5 Å². The molecule has 142 valence electrons. The minimum absolute atomic E-state index is 0.140. The van der Waals surface area contributed by atoms with Crippen LogP contribution in [0.3, 0.4) is 0 Å². The first-order valence-electron chi connectivity index (χ1n) is 9.28. The first-order valence-corrected chi connectivity index (χ1v) is 9.28. The standard InChI is InChI=1S/C22H26N2O3/c1-16-13-17(2)21(18(3)14-16)22(26)27-15-20(25)24-11-9-23(10-12-24)19-7-5-4-6-8-19/h4-8,13-14H,9-12,15H2,1-3H3. The van der Waals surface area contributed by atoms with Gasteiger partial charge in [0.05, 0.1) is 5.56 Å². The molecule has 0 aliphatic carbocycles. The number of para-hydroxylation sites is 1. The van der Waals surface area contributed by atoms with Crippen LogP contribution >= 0.6 is 0 Å². The average Bonchev–Trinajstić information content (AvgIpc) is 2.66. The van der Waals surface area contributed by atoms with Crippen molar-refractivity contribution in [1.29, 1.82) is 0 Å². The molecule has 0 aromatic heterocycles. The summed E-state index contributed by atoms with van der Waals surface area (Å²) >= 11 is 0. The maximum absolute atomic E-state index is 12.4. The Balaban J connectivity index is 1.52. The van der Waals surface area contributed by atoms with Gasteiger partial charge in [0.1, 0.15) is 0 Å². The van der Waals surface area contributed by atoms with Gasteiger partial charge in [-0.2, -0.15) is 0 Å². The van der Waals surface area contributed by atoms with E-state index in [1.807, 2.05) is 51.1 Å². The van der Waals surface area contributed by atoms with Crippen molar-refractivity contribution in [2.24, 2.45) is 0 Å². The van der Waals surface area contributed by atoms with Crippen LogP contribution in [0.2, 0.25) is 0 Å². The Hall–Kier alpha value is -2.82. The minimum atomic E-state index is -0.429. The number of anilines is 1. The Labute approximate surface area is 160 Å². The zero-order chi connectivity index (χ0) is 19.4. The number of amides is 1. The molecule has 1 heterocycles. The van der Waals surface area contributed by atoms with Crippen molar-refractivity contribution in [2.75, 3.05) is 37.7 Å². The molecule has 0 spiro atoms. The first kappa shape index (κ1) is 19.0. The summed E-state index contributed by atoms with van der Waals surface area (Å²) in [6.07, 6.45) is 0. The fourth-order valence-corrected chi connectivity index (χ4v) is 3.65. The number of rotatable bonds is 4. The lowest BCUT2D eigenvalue weighted by Gasteiger charge is -2.36. The van der Waals surface area contributed by atoms with E-state index in [1.165, 1.54) is 5.69 Å². The van der Waals surface area contributed by atoms with E-state index in [0.717, 1.165) is 29.8 Å². The van der Waals surface area contributed by atoms with E-state index in [-0.39, 0.29) is 12.5 Å². The molecule has 1 aliphatic heterocycles. The third-order valence-electron chi connectivity index (χ3n) is 4.96. The van der Waals surface area contributed by atoms with Gasteiger partial charge in [0.15, 0.2) is 6.61 Å². The smallest absolute Gasteiger partial charge is 0.339 e. The maximum Gasteiger partial charge on any atom is 0.339 e. The highest BCUT2D eigenvalue weighted by Crippen LogP contribution is 2.18. The molecule has 2 aromatic rings. The number of carbonyl (C=O) groups is 2. The van der Waals surface area contributed by atoms with Crippen molar-refractivity contribution in [3.8, 4) is 0 Å². The molecule has 2 aromatic carbocycles. The highest BCUT2D eigenvalue weighted by Gasteiger charge is 2.23. The van der Waals surface area contributed by atoms with E-state index >= 15 is 0 Å². The van der Waals surface area contributed by atoms with Crippen molar-refractivity contribution in [1.82, 2.24) is 4.90 Å². The summed E-state index contributed by atoms with van der Waals surface area (Å²) < 4.78 is 5.31. The van der Waals surface area contributed by atoms with Crippen LogP contribution in [0.1, 0.15) is 27.0 Å². The van der Waals surface area contributed by atoms with Crippen LogP contribution in [-0.2, 0) is 9.53 Å². The second-order valence-corrected chi connectivity index (χ2v) is 7.05. The molecule has 1 saturated heterocycles. The van der Waals surface area contributed by atoms with Gasteiger partial charge in [-0.25, -0.2) is 4.79 Å². The van der Waals surface area contributed by atoms with Crippen molar-refractivity contribution >= 4 is 17.6 Å². The molecule has 1 fully saturated rings. The van der Waals surface area contributed by atoms with Gasteiger partial charge in [0.2, 0.25) is 0 Å². The van der Waals surface area contributed by atoms with Crippen LogP contribution in [0.5, 0.6) is 0 Å². The molecule has 0 unspecified atom stereocenters. The SMILES string of the molecule is Cc1cc(C)c(C(=O)OCC(=O)N2CCN(c3ccccc3)CC2)c(C)c1. The highest BCUT2D eigenvalue weighted by atomic mass is 16.5. The molecule has 5 heteroatoms. The summed E-state index contributed by atoms with van der Waals surface area (Å²) in [5.74, 6) is -0.570. The summed E-state index contributed by atoms with van der Waals surface area (Å²) in [6, 6.07) is 14.1. The Morgan fingerprint density at radius 2 is 1.52 bits per heavy atom. The summed E-state index contributed by atoms with van der Waals surface area (Å²) in [5.41, 5.74) is 4.58. The molecule has 0 bridgehead atoms. The largest absolute Gasteiger partial charge is 0.452 e. The summed E-state index contributed by atoms with van der Waals surface area (Å²) in [5, 5.41) is 0. The third kappa shape index (κ3) is 4.48. The quantitative estimate of drug-likeness (QED) is 0.780. The van der Waals surface area contributed by atoms with Gasteiger partial charge in [-0.05, 0) is 44.0 Å². The van der Waals surface area contributed by atoms with E-state index in [2.05, 4.69) is 17.0 Å². The van der Waals surface area contributed by atoms with Gasteiger partial charge >= 0.3 is 5.97 Å². The zero-order valence-electron chi connectivity index (χ0n) is 16.2. The highest BCUT2D eigenvalue weighted by molar-refractivity contribution is 5.94. The number of ether oxygens (including phenoxy) is 1. The molecule has 0 saturated carbocycles. The predicted molar refractivity (Wildman–Crippen MR) is 106 cm³/mol. The van der Waals surface area contributed by atoms with Crippen molar-refractivity contribution in [3.05, 3.63) is 64.7 Å². The number of piperazine rings is 1. The van der Waals surface area contributed by atoms with E-state index in [4.69, 9.17) is 4.74 Å². The maximum atomic E-state index is 12.4. The molecule has 5 nitrogen and oxygen atoms in total. The summed E-state index contributed by atoms with van der Waals surface area (Å²) in [4.78, 5) is 28.9. The molecule has 27 heavy (non-hydrogen) atoms. The molecule has 0 N–H and O–H groups in total. The van der Waals surface area contributed by atoms with Gasteiger partial charge < -0.3 is 14.5 Å². The number of carbonyl (C=O) groups excluding carboxylic acids is 2. The minimum Gasteiger partial charge on any atom is -0.452 e. The predicted octanol–water partition coefficient (Wildman–Crippen LogP) is 3.12. The lowest BCUT2D eigenvalue weighted by Crippen LogP contribution is -2.49. The van der Waals surface area contributed by atoms with Crippen molar-refractivity contribution in [3.63, 3.8) is 0 Å². The van der Waals surface area contributed by atoms with Gasteiger partial charge in [-0.3, -0.25) is 4.79 Å². The molecular formula is C22H26N2O3. The van der Waals surface area contributed by atoms with E-state index < -0.39 is 5.97 Å².